The molecule has 0 aliphatic heterocycles. The molecule has 0 saturated carbocycles. The number of rotatable bonds is 3. The maximum absolute atomic E-state index is 12.1. The Kier molecular flexibility index (Phi) is 4.53. The highest BCUT2D eigenvalue weighted by Gasteiger charge is 2.16. The molecule has 2 nitrogen and oxygen atoms in total. The van der Waals surface area contributed by atoms with Crippen molar-refractivity contribution in [1.29, 1.82) is 0 Å². The Morgan fingerprint density at radius 1 is 0.778 bits per heavy atom. The first-order valence-corrected chi connectivity index (χ1v) is 9.33. The first-order valence-electron chi connectivity index (χ1n) is 4.93. The van der Waals surface area contributed by atoms with Gasteiger partial charge >= 0.3 is 0 Å². The summed E-state index contributed by atoms with van der Waals surface area (Å²) in [5.41, 5.74) is 0. The van der Waals surface area contributed by atoms with Crippen LogP contribution in [0.4, 0.5) is 0 Å². The molecule has 0 bridgehead atoms. The molecule has 0 unspecified atom stereocenters. The van der Waals surface area contributed by atoms with Gasteiger partial charge in [-0.25, -0.2) is 8.42 Å². The third-order valence-electron chi connectivity index (χ3n) is 2.12. The molecule has 0 fully saturated rings. The minimum absolute atomic E-state index is 0.304. The molecule has 0 aliphatic carbocycles. The molecule has 2 aromatic carbocycles. The first kappa shape index (κ1) is 14.1. The Labute approximate surface area is 126 Å². The highest BCUT2D eigenvalue weighted by Crippen LogP contribution is 2.31. The molecule has 2 rings (SSSR count). The van der Waals surface area contributed by atoms with E-state index in [1.54, 1.807) is 36.4 Å². The van der Waals surface area contributed by atoms with Gasteiger partial charge in [-0.2, -0.15) is 0 Å². The molecule has 0 aliphatic rings. The van der Waals surface area contributed by atoms with E-state index < -0.39 is 8.87 Å². The van der Waals surface area contributed by atoms with Gasteiger partial charge in [0.1, 0.15) is 0 Å². The minimum atomic E-state index is -3.36. The maximum atomic E-state index is 12.1. The van der Waals surface area contributed by atoms with Crippen LogP contribution in [0.1, 0.15) is 0 Å². The first-order chi connectivity index (χ1) is 8.47. The summed E-state index contributed by atoms with van der Waals surface area (Å²) in [6.45, 7) is 0. The number of halogens is 2. The van der Waals surface area contributed by atoms with Crippen LogP contribution in [0.3, 0.4) is 0 Å². The summed E-state index contributed by atoms with van der Waals surface area (Å²) in [4.78, 5) is 1.000. The van der Waals surface area contributed by atoms with Gasteiger partial charge < -0.3 is 0 Å². The zero-order valence-corrected chi connectivity index (χ0v) is 13.8. The Morgan fingerprint density at radius 2 is 1.22 bits per heavy atom. The molecule has 0 saturated heterocycles. The summed E-state index contributed by atoms with van der Waals surface area (Å²) in [6.07, 6.45) is 0. The van der Waals surface area contributed by atoms with Crippen molar-refractivity contribution < 1.29 is 8.42 Å². The third-order valence-corrected chi connectivity index (χ3v) is 6.53. The van der Waals surface area contributed by atoms with Gasteiger partial charge in [-0.15, -0.1) is 0 Å². The topological polar surface area (TPSA) is 34.1 Å². The van der Waals surface area contributed by atoms with Crippen molar-refractivity contribution in [3.63, 3.8) is 0 Å². The van der Waals surface area contributed by atoms with E-state index in [-0.39, 0.29) is 0 Å². The SMILES string of the molecule is O=S(=O)(Sc1ccc(Br)cc1)c1ccc(Br)cc1. The van der Waals surface area contributed by atoms with E-state index in [2.05, 4.69) is 31.9 Å². The molecule has 0 spiro atoms. The summed E-state index contributed by atoms with van der Waals surface area (Å²) in [6, 6.07) is 13.8. The molecule has 18 heavy (non-hydrogen) atoms. The Bertz CT molecular complexity index is 635. The van der Waals surface area contributed by atoms with Crippen LogP contribution < -0.4 is 0 Å². The van der Waals surface area contributed by atoms with Gasteiger partial charge in [0.15, 0.2) is 0 Å². The average molecular weight is 408 g/mol. The van der Waals surface area contributed by atoms with Crippen LogP contribution in [0.5, 0.6) is 0 Å². The van der Waals surface area contributed by atoms with E-state index in [9.17, 15) is 8.42 Å². The van der Waals surface area contributed by atoms with Crippen LogP contribution in [-0.4, -0.2) is 8.42 Å². The van der Waals surface area contributed by atoms with E-state index in [4.69, 9.17) is 0 Å². The van der Waals surface area contributed by atoms with Crippen molar-refractivity contribution in [2.24, 2.45) is 0 Å². The third kappa shape index (κ3) is 3.60. The average Bonchev–Trinajstić information content (AvgIpc) is 2.32. The summed E-state index contributed by atoms with van der Waals surface area (Å²) in [5, 5.41) is 0. The molecule has 0 radical (unpaired) electrons. The lowest BCUT2D eigenvalue weighted by atomic mass is 10.4. The van der Waals surface area contributed by atoms with Gasteiger partial charge in [-0.1, -0.05) is 31.9 Å². The molecule has 94 valence electrons. The van der Waals surface area contributed by atoms with E-state index in [0.717, 1.165) is 19.7 Å². The quantitative estimate of drug-likeness (QED) is 0.692. The molecule has 0 atom stereocenters. The number of hydrogen-bond acceptors (Lipinski definition) is 3. The van der Waals surface area contributed by atoms with Crippen molar-refractivity contribution in [3.05, 3.63) is 57.5 Å². The van der Waals surface area contributed by atoms with Gasteiger partial charge in [0.2, 0.25) is 8.87 Å². The van der Waals surface area contributed by atoms with Gasteiger partial charge in [0.05, 0.1) is 4.90 Å². The summed E-state index contributed by atoms with van der Waals surface area (Å²) < 4.78 is 26.0. The second kappa shape index (κ2) is 5.77. The van der Waals surface area contributed by atoms with Crippen molar-refractivity contribution in [1.82, 2.24) is 0 Å². The molecule has 6 heteroatoms. The van der Waals surface area contributed by atoms with Crippen molar-refractivity contribution in [2.45, 2.75) is 9.79 Å². The molecule has 2 aromatic rings. The molecule has 0 heterocycles. The van der Waals surface area contributed by atoms with Gasteiger partial charge in [0.25, 0.3) is 0 Å². The lowest BCUT2D eigenvalue weighted by molar-refractivity contribution is 0.610. The summed E-state index contributed by atoms with van der Waals surface area (Å²) >= 11 is 6.59. The molecule has 0 N–H and O–H groups in total. The second-order valence-corrected chi connectivity index (χ2v) is 9.11. The van der Waals surface area contributed by atoms with Gasteiger partial charge in [0, 0.05) is 24.6 Å². The van der Waals surface area contributed by atoms with Crippen LogP contribution in [0.2, 0.25) is 0 Å². The predicted molar refractivity (Wildman–Crippen MR) is 81.3 cm³/mol. The fraction of sp³-hybridized carbons (Fsp3) is 0. The Morgan fingerprint density at radius 3 is 1.72 bits per heavy atom. The highest BCUT2D eigenvalue weighted by molar-refractivity contribution is 9.10. The summed E-state index contributed by atoms with van der Waals surface area (Å²) in [7, 11) is -2.51. The normalized spacial score (nSPS) is 11.4. The van der Waals surface area contributed by atoms with Crippen LogP contribution in [0, 0.1) is 0 Å². The smallest absolute Gasteiger partial charge is 0.212 e. The standard InChI is InChI=1S/C12H8Br2O2S2/c13-9-1-5-11(6-2-9)17-18(15,16)12-7-3-10(14)4-8-12/h1-8H. The predicted octanol–water partition coefficient (Wildman–Crippen LogP) is 4.69. The maximum Gasteiger partial charge on any atom is 0.234 e. The second-order valence-electron chi connectivity index (χ2n) is 3.45. The number of hydrogen-bond donors (Lipinski definition) is 0. The molecular weight excluding hydrogens is 400 g/mol. The monoisotopic (exact) mass is 406 g/mol. The van der Waals surface area contributed by atoms with E-state index in [0.29, 0.717) is 9.79 Å². The molecule has 0 amide bonds. The van der Waals surface area contributed by atoms with Gasteiger partial charge in [-0.05, 0) is 48.5 Å². The Hall–Kier alpha value is -0.300. The van der Waals surface area contributed by atoms with Crippen LogP contribution in [0.15, 0.2) is 67.3 Å². The minimum Gasteiger partial charge on any atom is -0.212 e. The van der Waals surface area contributed by atoms with E-state index in [1.165, 1.54) is 0 Å². The fourth-order valence-corrected chi connectivity index (χ4v) is 4.58. The zero-order valence-electron chi connectivity index (χ0n) is 9.01. The highest BCUT2D eigenvalue weighted by atomic mass is 79.9. The summed E-state index contributed by atoms with van der Waals surface area (Å²) in [5.74, 6) is 0. The van der Waals surface area contributed by atoms with Gasteiger partial charge in [-0.3, -0.25) is 0 Å². The van der Waals surface area contributed by atoms with Crippen LogP contribution >= 0.6 is 42.7 Å². The lowest BCUT2D eigenvalue weighted by Crippen LogP contribution is -1.94. The van der Waals surface area contributed by atoms with E-state index >= 15 is 0 Å². The fourth-order valence-electron chi connectivity index (χ4n) is 1.27. The van der Waals surface area contributed by atoms with Crippen LogP contribution in [-0.2, 0) is 8.87 Å². The largest absolute Gasteiger partial charge is 0.234 e. The van der Waals surface area contributed by atoms with Crippen molar-refractivity contribution in [3.8, 4) is 0 Å². The number of benzene rings is 2. The lowest BCUT2D eigenvalue weighted by Gasteiger charge is -2.04. The Balaban J connectivity index is 2.27. The molecule has 0 aromatic heterocycles. The van der Waals surface area contributed by atoms with Crippen molar-refractivity contribution in [2.75, 3.05) is 0 Å². The zero-order chi connectivity index (χ0) is 13.2. The van der Waals surface area contributed by atoms with Crippen molar-refractivity contribution >= 4 is 51.5 Å². The van der Waals surface area contributed by atoms with Crippen LogP contribution in [0.25, 0.3) is 0 Å². The van der Waals surface area contributed by atoms with E-state index in [1.807, 2.05) is 12.1 Å². The molecular formula is C12H8Br2O2S2.